The molecule has 2 aromatic rings. The number of nitrogens with zero attached hydrogens (tertiary/aromatic N) is 5. The molecule has 0 radical (unpaired) electrons. The molecule has 124 valence electrons. The van der Waals surface area contributed by atoms with Gasteiger partial charge in [0, 0.05) is 38.7 Å². The zero-order valence-electron chi connectivity index (χ0n) is 13.7. The lowest BCUT2D eigenvalue weighted by Crippen LogP contribution is -2.48. The second kappa shape index (κ2) is 6.49. The Bertz CT molecular complexity index is 666. The van der Waals surface area contributed by atoms with Crippen molar-refractivity contribution in [2.24, 2.45) is 0 Å². The van der Waals surface area contributed by atoms with Crippen LogP contribution in [0.3, 0.4) is 0 Å². The third kappa shape index (κ3) is 3.58. The first-order valence-corrected chi connectivity index (χ1v) is 7.74. The molecule has 0 N–H and O–H groups in total. The highest BCUT2D eigenvalue weighted by atomic mass is 16.5. The van der Waals surface area contributed by atoms with Crippen molar-refractivity contribution < 1.29 is 13.8 Å². The minimum atomic E-state index is 0.120. The highest BCUT2D eigenvalue weighted by Gasteiger charge is 2.24. The molecule has 0 aliphatic carbocycles. The van der Waals surface area contributed by atoms with E-state index in [4.69, 9.17) is 9.05 Å². The van der Waals surface area contributed by atoms with Gasteiger partial charge < -0.3 is 13.9 Å². The van der Waals surface area contributed by atoms with E-state index in [1.54, 1.807) is 6.92 Å². The van der Waals surface area contributed by atoms with E-state index in [9.17, 15) is 4.79 Å². The second-order valence-corrected chi connectivity index (χ2v) is 5.87. The summed E-state index contributed by atoms with van der Waals surface area (Å²) in [6.07, 6.45) is 0.352. The Morgan fingerprint density at radius 1 is 1.09 bits per heavy atom. The van der Waals surface area contributed by atoms with Crippen LogP contribution in [0.1, 0.15) is 28.7 Å². The molecule has 0 atom stereocenters. The summed E-state index contributed by atoms with van der Waals surface area (Å²) >= 11 is 0. The molecule has 23 heavy (non-hydrogen) atoms. The molecule has 0 bridgehead atoms. The molecular weight excluding hydrogens is 298 g/mol. The highest BCUT2D eigenvalue weighted by Crippen LogP contribution is 2.15. The van der Waals surface area contributed by atoms with E-state index >= 15 is 0 Å². The molecule has 1 aliphatic rings. The zero-order chi connectivity index (χ0) is 16.4. The minimum absolute atomic E-state index is 0.120. The van der Waals surface area contributed by atoms with Crippen LogP contribution in [0.2, 0.25) is 0 Å². The van der Waals surface area contributed by atoms with Gasteiger partial charge in [0.2, 0.25) is 11.8 Å². The topological polar surface area (TPSA) is 88.5 Å². The first-order chi connectivity index (χ1) is 11.0. The van der Waals surface area contributed by atoms with Crippen molar-refractivity contribution in [2.75, 3.05) is 26.2 Å². The van der Waals surface area contributed by atoms with Crippen molar-refractivity contribution in [3.8, 4) is 0 Å². The van der Waals surface area contributed by atoms with E-state index < -0.39 is 0 Å². The molecule has 1 amide bonds. The van der Waals surface area contributed by atoms with Gasteiger partial charge in [-0.3, -0.25) is 9.69 Å². The predicted octanol–water partition coefficient (Wildman–Crippen LogP) is 0.870. The van der Waals surface area contributed by atoms with Crippen LogP contribution in [0.4, 0.5) is 0 Å². The number of hydrogen-bond donors (Lipinski definition) is 0. The lowest BCUT2D eigenvalue weighted by Gasteiger charge is -2.34. The lowest BCUT2D eigenvalue weighted by molar-refractivity contribution is -0.132. The average molecular weight is 319 g/mol. The molecule has 8 heteroatoms. The van der Waals surface area contributed by atoms with Crippen LogP contribution in [-0.2, 0) is 17.8 Å². The van der Waals surface area contributed by atoms with Crippen molar-refractivity contribution in [1.82, 2.24) is 25.1 Å². The summed E-state index contributed by atoms with van der Waals surface area (Å²) in [4.78, 5) is 20.8. The maximum atomic E-state index is 12.4. The van der Waals surface area contributed by atoms with E-state index in [1.165, 1.54) is 0 Å². The van der Waals surface area contributed by atoms with E-state index in [0.29, 0.717) is 37.8 Å². The monoisotopic (exact) mass is 319 g/mol. The SMILES string of the molecule is Cc1nc(CN2CCN(C(=O)Cc3c(C)noc3C)CC2)no1. The Labute approximate surface area is 134 Å². The van der Waals surface area contributed by atoms with E-state index in [2.05, 4.69) is 20.2 Å². The minimum Gasteiger partial charge on any atom is -0.361 e. The Kier molecular flexibility index (Phi) is 4.42. The quantitative estimate of drug-likeness (QED) is 0.826. The van der Waals surface area contributed by atoms with Crippen LogP contribution in [0.15, 0.2) is 9.05 Å². The molecule has 1 aliphatic heterocycles. The summed E-state index contributed by atoms with van der Waals surface area (Å²) in [5, 5.41) is 7.81. The molecule has 2 aromatic heterocycles. The number of rotatable bonds is 4. The first-order valence-electron chi connectivity index (χ1n) is 7.74. The largest absolute Gasteiger partial charge is 0.361 e. The molecule has 3 rings (SSSR count). The van der Waals surface area contributed by atoms with Gasteiger partial charge in [0.25, 0.3) is 0 Å². The summed E-state index contributed by atoms with van der Waals surface area (Å²) in [6.45, 7) is 9.17. The smallest absolute Gasteiger partial charge is 0.227 e. The molecule has 0 aromatic carbocycles. The summed E-state index contributed by atoms with van der Waals surface area (Å²) in [5.41, 5.74) is 1.70. The van der Waals surface area contributed by atoms with Crippen molar-refractivity contribution in [1.29, 1.82) is 0 Å². The number of carbonyl (C=O) groups excluding carboxylic acids is 1. The van der Waals surface area contributed by atoms with Crippen molar-refractivity contribution >= 4 is 5.91 Å². The van der Waals surface area contributed by atoms with E-state index in [-0.39, 0.29) is 5.91 Å². The molecule has 0 spiro atoms. The second-order valence-electron chi connectivity index (χ2n) is 5.87. The number of amides is 1. The molecule has 8 nitrogen and oxygen atoms in total. The Balaban J connectivity index is 1.51. The summed E-state index contributed by atoms with van der Waals surface area (Å²) in [5.74, 6) is 2.11. The maximum Gasteiger partial charge on any atom is 0.227 e. The lowest BCUT2D eigenvalue weighted by atomic mass is 10.1. The van der Waals surface area contributed by atoms with Crippen molar-refractivity contribution in [3.63, 3.8) is 0 Å². The molecular formula is C15H21N5O3. The molecule has 1 saturated heterocycles. The standard InChI is InChI=1S/C15H21N5O3/c1-10-13(11(2)22-17-10)8-15(21)20-6-4-19(5-7-20)9-14-16-12(3)23-18-14/h4-9H2,1-3H3. The van der Waals surface area contributed by atoms with E-state index in [1.807, 2.05) is 18.7 Å². The molecule has 1 fully saturated rings. The van der Waals surface area contributed by atoms with Crippen LogP contribution in [-0.4, -0.2) is 57.2 Å². The first kappa shape index (κ1) is 15.7. The van der Waals surface area contributed by atoms with Crippen LogP contribution in [0.25, 0.3) is 0 Å². The van der Waals surface area contributed by atoms with Gasteiger partial charge in [0.1, 0.15) is 5.76 Å². The molecule has 3 heterocycles. The predicted molar refractivity (Wildman–Crippen MR) is 80.6 cm³/mol. The van der Waals surface area contributed by atoms with Gasteiger partial charge in [0.05, 0.1) is 18.7 Å². The summed E-state index contributed by atoms with van der Waals surface area (Å²) in [6, 6.07) is 0. The number of hydrogen-bond acceptors (Lipinski definition) is 7. The van der Waals surface area contributed by atoms with Crippen LogP contribution in [0, 0.1) is 20.8 Å². The van der Waals surface area contributed by atoms with Crippen LogP contribution < -0.4 is 0 Å². The normalized spacial score (nSPS) is 16.0. The fourth-order valence-electron chi connectivity index (χ4n) is 2.78. The zero-order valence-corrected chi connectivity index (χ0v) is 13.7. The van der Waals surface area contributed by atoms with Gasteiger partial charge in [-0.05, 0) is 13.8 Å². The fraction of sp³-hybridized carbons (Fsp3) is 0.600. The third-order valence-corrected chi connectivity index (χ3v) is 4.17. The highest BCUT2D eigenvalue weighted by molar-refractivity contribution is 5.79. The van der Waals surface area contributed by atoms with Gasteiger partial charge in [0.15, 0.2) is 5.82 Å². The fourth-order valence-corrected chi connectivity index (χ4v) is 2.78. The van der Waals surface area contributed by atoms with Crippen molar-refractivity contribution in [3.05, 3.63) is 28.7 Å². The van der Waals surface area contributed by atoms with Crippen LogP contribution in [0.5, 0.6) is 0 Å². The molecule has 0 unspecified atom stereocenters. The summed E-state index contributed by atoms with van der Waals surface area (Å²) in [7, 11) is 0. The van der Waals surface area contributed by atoms with Gasteiger partial charge in [-0.15, -0.1) is 0 Å². The Morgan fingerprint density at radius 2 is 1.83 bits per heavy atom. The number of aryl methyl sites for hydroxylation is 3. The number of piperazine rings is 1. The third-order valence-electron chi connectivity index (χ3n) is 4.17. The van der Waals surface area contributed by atoms with Gasteiger partial charge >= 0.3 is 0 Å². The average Bonchev–Trinajstić information content (AvgIpc) is 3.08. The Hall–Kier alpha value is -2.22. The van der Waals surface area contributed by atoms with Gasteiger partial charge in [-0.2, -0.15) is 4.98 Å². The van der Waals surface area contributed by atoms with E-state index in [0.717, 1.165) is 30.1 Å². The maximum absolute atomic E-state index is 12.4. The van der Waals surface area contributed by atoms with Crippen LogP contribution >= 0.6 is 0 Å². The Morgan fingerprint density at radius 3 is 2.39 bits per heavy atom. The molecule has 0 saturated carbocycles. The van der Waals surface area contributed by atoms with Gasteiger partial charge in [-0.25, -0.2) is 0 Å². The number of aromatic nitrogens is 3. The van der Waals surface area contributed by atoms with Gasteiger partial charge in [-0.1, -0.05) is 10.3 Å². The number of carbonyl (C=O) groups is 1. The summed E-state index contributed by atoms with van der Waals surface area (Å²) < 4.78 is 10.1. The van der Waals surface area contributed by atoms with Crippen molar-refractivity contribution in [2.45, 2.75) is 33.7 Å².